The lowest BCUT2D eigenvalue weighted by molar-refractivity contribution is 0.0826. The molecule has 0 amide bonds. The molecule has 0 aliphatic rings. The van der Waals surface area contributed by atoms with E-state index in [1.807, 2.05) is 0 Å². The Morgan fingerprint density at radius 1 is 0.281 bits per heavy atom. The molecule has 0 fully saturated rings. The molecule has 324 valence electrons. The fourth-order valence-electron chi connectivity index (χ4n) is 7.06. The fourth-order valence-corrected chi connectivity index (χ4v) is 7.06. The van der Waals surface area contributed by atoms with E-state index >= 15 is 26.3 Å². The summed E-state index contributed by atoms with van der Waals surface area (Å²) in [6, 6.07) is 17.9. The van der Waals surface area contributed by atoms with Crippen molar-refractivity contribution in [2.45, 2.75) is 0 Å². The lowest BCUT2D eigenvalue weighted by Gasteiger charge is -2.22. The second kappa shape index (κ2) is 15.3. The van der Waals surface area contributed by atoms with Crippen LogP contribution in [-0.4, -0.2) is 21.5 Å². The lowest BCUT2D eigenvalue weighted by Crippen LogP contribution is -2.49. The number of benzene rings is 6. The maximum Gasteiger partial charge on any atom is 0.926 e. The van der Waals surface area contributed by atoms with E-state index in [0.29, 0.717) is 14.2 Å². The highest BCUT2D eigenvalue weighted by Gasteiger charge is 2.41. The van der Waals surface area contributed by atoms with Crippen LogP contribution in [0.4, 0.5) is 65.9 Å². The Kier molecular flexibility index (Phi) is 9.97. The minimum atomic E-state index is -2.83. The van der Waals surface area contributed by atoms with Gasteiger partial charge in [0.25, 0.3) is 0 Å². The minimum Gasteiger partial charge on any atom is -0.395 e. The SMILES string of the molecule is Fc1c(F)c(F)c(-c2cc3ccccc3n2OB(On2c(-c3c(F)c(F)c(F)c(F)c3F)cc3ccccc32)On2c(-c3c(F)c(F)c(F)c(F)c3F)cc3ccccc32)c(F)c1F. The van der Waals surface area contributed by atoms with E-state index in [-0.39, 0.29) is 32.7 Å². The van der Waals surface area contributed by atoms with Gasteiger partial charge in [0.05, 0.1) is 50.3 Å². The molecule has 9 aromatic rings. The second-order valence-corrected chi connectivity index (χ2v) is 13.6. The Bertz CT molecular complexity index is 2980. The van der Waals surface area contributed by atoms with E-state index in [0.717, 1.165) is 18.2 Å². The number of hydrogen-bond acceptors (Lipinski definition) is 3. The van der Waals surface area contributed by atoms with Gasteiger partial charge in [0.15, 0.2) is 69.8 Å². The van der Waals surface area contributed by atoms with Gasteiger partial charge < -0.3 is 14.3 Å². The highest BCUT2D eigenvalue weighted by Crippen LogP contribution is 2.39. The van der Waals surface area contributed by atoms with Crippen molar-refractivity contribution in [3.8, 4) is 33.8 Å². The van der Waals surface area contributed by atoms with E-state index in [1.54, 1.807) is 0 Å². The van der Waals surface area contributed by atoms with Crippen LogP contribution in [0.25, 0.3) is 66.5 Å². The molecule has 3 heterocycles. The van der Waals surface area contributed by atoms with Crippen molar-refractivity contribution in [2.24, 2.45) is 0 Å². The molecule has 0 aliphatic carbocycles. The van der Waals surface area contributed by atoms with Crippen LogP contribution in [0.2, 0.25) is 0 Å². The van der Waals surface area contributed by atoms with Crippen LogP contribution in [0.1, 0.15) is 0 Å². The summed E-state index contributed by atoms with van der Waals surface area (Å²) >= 11 is 0. The highest BCUT2D eigenvalue weighted by molar-refractivity contribution is 6.37. The van der Waals surface area contributed by atoms with Crippen molar-refractivity contribution < 1.29 is 80.1 Å². The molecule has 0 saturated carbocycles. The average Bonchev–Trinajstić information content (AvgIpc) is 3.96. The van der Waals surface area contributed by atoms with Crippen LogP contribution < -0.4 is 14.3 Å². The third-order valence-electron chi connectivity index (χ3n) is 9.97. The number of rotatable bonds is 9. The van der Waals surface area contributed by atoms with Crippen LogP contribution in [0.5, 0.6) is 0 Å². The first-order valence-corrected chi connectivity index (χ1v) is 17.9. The molecule has 9 rings (SSSR count). The number of aromatic nitrogens is 3. The van der Waals surface area contributed by atoms with Gasteiger partial charge in [-0.1, -0.05) is 54.6 Å². The molecule has 0 aliphatic heterocycles. The Balaban J connectivity index is 1.33. The molecule has 22 heteroatoms. The lowest BCUT2D eigenvalue weighted by atomic mass is 10.1. The first kappa shape index (κ1) is 41.7. The predicted octanol–water partition coefficient (Wildman–Crippen LogP) is 11.3. The maximum atomic E-state index is 15.5. The van der Waals surface area contributed by atoms with Crippen molar-refractivity contribution >= 4 is 40.0 Å². The smallest absolute Gasteiger partial charge is 0.395 e. The summed E-state index contributed by atoms with van der Waals surface area (Å²) in [6.45, 7) is 0. The molecule has 0 unspecified atom stereocenters. The van der Waals surface area contributed by atoms with E-state index in [2.05, 4.69) is 0 Å². The zero-order chi connectivity index (χ0) is 45.6. The number of fused-ring (bicyclic) bond motifs is 3. The van der Waals surface area contributed by atoms with Crippen molar-refractivity contribution in [2.75, 3.05) is 0 Å². The summed E-state index contributed by atoms with van der Waals surface area (Å²) in [7, 11) is -2.83. The summed E-state index contributed by atoms with van der Waals surface area (Å²) in [4.78, 5) is 0. The topological polar surface area (TPSA) is 42.5 Å². The van der Waals surface area contributed by atoms with Gasteiger partial charge in [-0.15, -0.1) is 0 Å². The monoisotopic (exact) mass is 905 g/mol. The summed E-state index contributed by atoms with van der Waals surface area (Å²) in [5.74, 6) is -36.5. The Hall–Kier alpha value is -7.65. The second-order valence-electron chi connectivity index (χ2n) is 13.6. The highest BCUT2D eigenvalue weighted by atomic mass is 19.2. The number of para-hydroxylation sites is 3. The van der Waals surface area contributed by atoms with Crippen LogP contribution in [0, 0.1) is 87.3 Å². The standard InChI is InChI=1S/C42H15BF15N3O3/c44-28-25(29(45)35(51)40(56)34(28)50)22-13-16-7-1-4-10-19(16)59(22)62-43(63-60-20-11-5-2-8-17(20)14-23(60)26-30(46)36(52)41(57)37(53)31(26)47)64-61-21-12-6-3-9-18(21)15-24(61)27-32(48)38(54)42(58)39(55)33(27)49/h1-15H. The predicted molar refractivity (Wildman–Crippen MR) is 197 cm³/mol. The number of nitrogens with zero attached hydrogens (tertiary/aromatic N) is 3. The third-order valence-corrected chi connectivity index (χ3v) is 9.97. The van der Waals surface area contributed by atoms with E-state index in [1.165, 1.54) is 72.8 Å². The molecule has 0 radical (unpaired) electrons. The quantitative estimate of drug-likeness (QED) is 0.0627. The zero-order valence-electron chi connectivity index (χ0n) is 31.0. The van der Waals surface area contributed by atoms with E-state index in [9.17, 15) is 39.5 Å². The molecular formula is C42H15BF15N3O3. The van der Waals surface area contributed by atoms with Gasteiger partial charge in [0.2, 0.25) is 17.5 Å². The normalized spacial score (nSPS) is 11.7. The molecule has 0 saturated heterocycles. The first-order valence-electron chi connectivity index (χ1n) is 17.9. The minimum absolute atomic E-state index is 0.0535. The largest absolute Gasteiger partial charge is 0.926 e. The Morgan fingerprint density at radius 2 is 0.484 bits per heavy atom. The molecule has 0 atom stereocenters. The summed E-state index contributed by atoms with van der Waals surface area (Å²) in [5.41, 5.74) is -8.66. The molecular weight excluding hydrogens is 890 g/mol. The molecule has 0 N–H and O–H groups in total. The van der Waals surface area contributed by atoms with Gasteiger partial charge >= 0.3 is 7.32 Å². The van der Waals surface area contributed by atoms with Crippen molar-refractivity contribution in [3.63, 3.8) is 0 Å². The Labute approximate surface area is 346 Å². The van der Waals surface area contributed by atoms with Gasteiger partial charge in [-0.3, -0.25) is 0 Å². The van der Waals surface area contributed by atoms with Crippen molar-refractivity contribution in [1.82, 2.24) is 14.2 Å². The van der Waals surface area contributed by atoms with Crippen LogP contribution in [0.3, 0.4) is 0 Å². The van der Waals surface area contributed by atoms with Gasteiger partial charge in [-0.2, -0.15) is 14.2 Å². The summed E-state index contributed by atoms with van der Waals surface area (Å²) in [6.07, 6.45) is 0. The molecule has 3 aromatic heterocycles. The summed E-state index contributed by atoms with van der Waals surface area (Å²) < 4.78 is 243. The van der Waals surface area contributed by atoms with E-state index < -0.39 is 128 Å². The number of halogens is 15. The van der Waals surface area contributed by atoms with Gasteiger partial charge in [0.1, 0.15) is 0 Å². The van der Waals surface area contributed by atoms with E-state index in [4.69, 9.17) is 14.3 Å². The van der Waals surface area contributed by atoms with Gasteiger partial charge in [-0.25, -0.2) is 65.9 Å². The summed E-state index contributed by atoms with van der Waals surface area (Å²) in [5, 5.41) is -0.161. The van der Waals surface area contributed by atoms with Gasteiger partial charge in [0, 0.05) is 16.2 Å². The average molecular weight is 905 g/mol. The van der Waals surface area contributed by atoms with Crippen molar-refractivity contribution in [1.29, 1.82) is 0 Å². The first-order chi connectivity index (χ1) is 30.5. The number of hydrogen-bond donors (Lipinski definition) is 0. The molecule has 6 aromatic carbocycles. The fraction of sp³-hybridized carbons (Fsp3) is 0. The van der Waals surface area contributed by atoms with Gasteiger partial charge in [-0.05, 0) is 36.4 Å². The van der Waals surface area contributed by atoms with Crippen LogP contribution in [0.15, 0.2) is 91.0 Å². The third kappa shape index (κ3) is 6.25. The molecule has 0 spiro atoms. The Morgan fingerprint density at radius 3 is 0.719 bits per heavy atom. The molecule has 6 nitrogen and oxygen atoms in total. The van der Waals surface area contributed by atoms with Crippen LogP contribution in [-0.2, 0) is 0 Å². The van der Waals surface area contributed by atoms with Crippen molar-refractivity contribution in [3.05, 3.63) is 178 Å². The molecule has 64 heavy (non-hydrogen) atoms. The zero-order valence-corrected chi connectivity index (χ0v) is 31.0. The molecule has 0 bridgehead atoms. The maximum absolute atomic E-state index is 15.5. The van der Waals surface area contributed by atoms with Crippen LogP contribution >= 0.6 is 0 Å².